The number of rotatable bonds is 4. The summed E-state index contributed by atoms with van der Waals surface area (Å²) >= 11 is 0. The van der Waals surface area contributed by atoms with E-state index in [0.717, 1.165) is 64.3 Å². The Kier molecular flexibility index (Phi) is 5.92. The summed E-state index contributed by atoms with van der Waals surface area (Å²) in [6.45, 7) is 7.80. The van der Waals surface area contributed by atoms with Gasteiger partial charge in [-0.15, -0.1) is 0 Å². The minimum absolute atomic E-state index is 0.138. The molecule has 3 aliphatic heterocycles. The van der Waals surface area contributed by atoms with E-state index in [0.29, 0.717) is 19.1 Å². The van der Waals surface area contributed by atoms with E-state index in [2.05, 4.69) is 20.9 Å². The van der Waals surface area contributed by atoms with Gasteiger partial charge >= 0.3 is 0 Å². The van der Waals surface area contributed by atoms with Gasteiger partial charge < -0.3 is 9.64 Å². The van der Waals surface area contributed by atoms with Crippen LogP contribution in [0, 0.1) is 0 Å². The Morgan fingerprint density at radius 1 is 1.14 bits per heavy atom. The number of anilines is 1. The first-order chi connectivity index (χ1) is 13.5. The predicted molar refractivity (Wildman–Crippen MR) is 110 cm³/mol. The molecule has 4 heterocycles. The molecule has 28 heavy (non-hydrogen) atoms. The number of ether oxygens (including phenoxy) is 1. The lowest BCUT2D eigenvalue weighted by Crippen LogP contribution is -2.57. The molecule has 3 aliphatic rings. The van der Waals surface area contributed by atoms with E-state index >= 15 is 0 Å². The maximum absolute atomic E-state index is 12.2. The van der Waals surface area contributed by atoms with Crippen molar-refractivity contribution in [3.8, 4) is 0 Å². The molecule has 156 valence electrons. The number of hydrogen-bond donors (Lipinski definition) is 0. The van der Waals surface area contributed by atoms with Gasteiger partial charge in [0.25, 0.3) is 0 Å². The second-order valence-electron chi connectivity index (χ2n) is 8.19. The molecule has 0 radical (unpaired) electrons. The average Bonchev–Trinajstić information content (AvgIpc) is 2.75. The van der Waals surface area contributed by atoms with Crippen LogP contribution in [0.4, 0.5) is 5.82 Å². The zero-order valence-corrected chi connectivity index (χ0v) is 17.6. The number of sulfonamides is 1. The van der Waals surface area contributed by atoms with E-state index < -0.39 is 10.0 Å². The molecule has 3 saturated heterocycles. The molecule has 1 aromatic heterocycles. The first-order valence-electron chi connectivity index (χ1n) is 10.5. The molecule has 0 amide bonds. The minimum atomic E-state index is -3.09. The molecule has 1 atom stereocenters. The molecular weight excluding hydrogens is 376 g/mol. The predicted octanol–water partition coefficient (Wildman–Crippen LogP) is 1.57. The largest absolute Gasteiger partial charge is 0.375 e. The lowest BCUT2D eigenvalue weighted by Gasteiger charge is -2.49. The molecule has 8 heteroatoms. The van der Waals surface area contributed by atoms with Gasteiger partial charge in [0.2, 0.25) is 10.0 Å². The van der Waals surface area contributed by atoms with E-state index in [1.807, 2.05) is 18.3 Å². The van der Waals surface area contributed by atoms with E-state index in [1.54, 1.807) is 11.2 Å². The van der Waals surface area contributed by atoms with Gasteiger partial charge in [0.05, 0.1) is 11.4 Å². The lowest BCUT2D eigenvalue weighted by atomic mass is 9.82. The lowest BCUT2D eigenvalue weighted by molar-refractivity contribution is -0.127. The Labute approximate surface area is 168 Å². The summed E-state index contributed by atoms with van der Waals surface area (Å²) in [5, 5.41) is 0. The number of hydrogen-bond acceptors (Lipinski definition) is 6. The Morgan fingerprint density at radius 2 is 1.89 bits per heavy atom. The fourth-order valence-electron chi connectivity index (χ4n) is 4.87. The second kappa shape index (κ2) is 8.26. The van der Waals surface area contributed by atoms with Gasteiger partial charge in [-0.1, -0.05) is 6.07 Å². The molecule has 0 bridgehead atoms. The highest BCUT2D eigenvalue weighted by molar-refractivity contribution is 7.89. The van der Waals surface area contributed by atoms with E-state index in [4.69, 9.17) is 4.74 Å². The smallest absolute Gasteiger partial charge is 0.213 e. The van der Waals surface area contributed by atoms with Crippen LogP contribution in [0.15, 0.2) is 24.4 Å². The average molecular weight is 409 g/mol. The Hall–Kier alpha value is -1.22. The third-order valence-electron chi connectivity index (χ3n) is 6.66. The van der Waals surface area contributed by atoms with Crippen molar-refractivity contribution in [3.63, 3.8) is 0 Å². The van der Waals surface area contributed by atoms with Crippen molar-refractivity contribution in [2.75, 3.05) is 56.5 Å². The van der Waals surface area contributed by atoms with Crippen molar-refractivity contribution in [2.24, 2.45) is 0 Å². The van der Waals surface area contributed by atoms with Gasteiger partial charge in [-0.3, -0.25) is 4.90 Å². The first kappa shape index (κ1) is 20.1. The van der Waals surface area contributed by atoms with Crippen molar-refractivity contribution < 1.29 is 13.2 Å². The first-order valence-corrected chi connectivity index (χ1v) is 12.1. The Balaban J connectivity index is 1.33. The van der Waals surface area contributed by atoms with E-state index in [1.165, 1.54) is 0 Å². The fourth-order valence-corrected chi connectivity index (χ4v) is 5.98. The van der Waals surface area contributed by atoms with Crippen LogP contribution < -0.4 is 4.90 Å². The van der Waals surface area contributed by atoms with Gasteiger partial charge in [0.15, 0.2) is 0 Å². The van der Waals surface area contributed by atoms with Crippen molar-refractivity contribution in [1.82, 2.24) is 14.2 Å². The molecule has 4 rings (SSSR count). The number of aromatic nitrogens is 1. The highest BCUT2D eigenvalue weighted by Crippen LogP contribution is 2.37. The van der Waals surface area contributed by atoms with Crippen LogP contribution in [-0.4, -0.2) is 85.9 Å². The summed E-state index contributed by atoms with van der Waals surface area (Å²) in [7, 11) is -3.09. The summed E-state index contributed by atoms with van der Waals surface area (Å²) in [5.74, 6) is 1.25. The summed E-state index contributed by atoms with van der Waals surface area (Å²) in [6.07, 6.45) is 5.58. The van der Waals surface area contributed by atoms with Gasteiger partial charge in [-0.05, 0) is 44.7 Å². The topological polar surface area (TPSA) is 66.0 Å². The molecule has 7 nitrogen and oxygen atoms in total. The summed E-state index contributed by atoms with van der Waals surface area (Å²) in [4.78, 5) is 9.45. The molecule has 0 unspecified atom stereocenters. The third-order valence-corrected chi connectivity index (χ3v) is 8.54. The standard InChI is InChI=1S/C20H32N4O3S/c1-2-28(25,26)24-10-7-20(8-11-24)17-18(6-16-27-20)22-12-14-23(15-13-22)19-5-3-4-9-21-19/h3-5,9,18H,2,6-8,10-17H2,1H3/t18-/m0/s1. The second-order valence-corrected chi connectivity index (χ2v) is 10.4. The molecule has 1 spiro atoms. The van der Waals surface area contributed by atoms with Gasteiger partial charge in [-0.2, -0.15) is 0 Å². The van der Waals surface area contributed by atoms with Crippen molar-refractivity contribution in [2.45, 2.75) is 44.2 Å². The van der Waals surface area contributed by atoms with E-state index in [-0.39, 0.29) is 11.4 Å². The third kappa shape index (κ3) is 4.20. The van der Waals surface area contributed by atoms with Crippen LogP contribution >= 0.6 is 0 Å². The molecule has 1 aromatic rings. The van der Waals surface area contributed by atoms with E-state index in [9.17, 15) is 8.42 Å². The maximum Gasteiger partial charge on any atom is 0.213 e. The zero-order chi connectivity index (χ0) is 19.6. The summed E-state index contributed by atoms with van der Waals surface area (Å²) < 4.78 is 32.2. The van der Waals surface area contributed by atoms with Crippen molar-refractivity contribution in [1.29, 1.82) is 0 Å². The number of piperazine rings is 1. The number of nitrogens with zero attached hydrogens (tertiary/aromatic N) is 4. The van der Waals surface area contributed by atoms with Crippen LogP contribution in [0.25, 0.3) is 0 Å². The molecule has 3 fully saturated rings. The van der Waals surface area contributed by atoms with Crippen LogP contribution in [0.3, 0.4) is 0 Å². The molecule has 0 saturated carbocycles. The fraction of sp³-hybridized carbons (Fsp3) is 0.750. The molecule has 0 aliphatic carbocycles. The maximum atomic E-state index is 12.2. The summed E-state index contributed by atoms with van der Waals surface area (Å²) in [6, 6.07) is 6.62. The monoisotopic (exact) mass is 408 g/mol. The number of piperidine rings is 1. The van der Waals surface area contributed by atoms with Crippen molar-refractivity contribution >= 4 is 15.8 Å². The highest BCUT2D eigenvalue weighted by atomic mass is 32.2. The molecule has 0 aromatic carbocycles. The van der Waals surface area contributed by atoms with Gasteiger partial charge in [-0.25, -0.2) is 17.7 Å². The van der Waals surface area contributed by atoms with Crippen LogP contribution in [0.5, 0.6) is 0 Å². The van der Waals surface area contributed by atoms with Crippen LogP contribution in [0.2, 0.25) is 0 Å². The van der Waals surface area contributed by atoms with Crippen LogP contribution in [0.1, 0.15) is 32.6 Å². The SMILES string of the molecule is CCS(=O)(=O)N1CCC2(CC1)C[C@@H](N1CCN(c3ccccn3)CC1)CCO2. The van der Waals surface area contributed by atoms with Gasteiger partial charge in [0, 0.05) is 58.1 Å². The highest BCUT2D eigenvalue weighted by Gasteiger charge is 2.43. The van der Waals surface area contributed by atoms with Gasteiger partial charge in [0.1, 0.15) is 5.82 Å². The summed E-state index contributed by atoms with van der Waals surface area (Å²) in [5.41, 5.74) is -0.138. The zero-order valence-electron chi connectivity index (χ0n) is 16.8. The Morgan fingerprint density at radius 3 is 2.54 bits per heavy atom. The minimum Gasteiger partial charge on any atom is -0.375 e. The Bertz CT molecular complexity index is 742. The number of pyridine rings is 1. The molecular formula is C20H32N4O3S. The van der Waals surface area contributed by atoms with Crippen molar-refractivity contribution in [3.05, 3.63) is 24.4 Å². The quantitative estimate of drug-likeness (QED) is 0.753. The molecule has 0 N–H and O–H groups in total. The normalized spacial score (nSPS) is 27.2. The van der Waals surface area contributed by atoms with Crippen LogP contribution in [-0.2, 0) is 14.8 Å².